The Hall–Kier alpha value is -1.18. The van der Waals surface area contributed by atoms with Gasteiger partial charge in [-0.05, 0) is 18.2 Å². The monoisotopic (exact) mass is 320 g/mol. The van der Waals surface area contributed by atoms with Gasteiger partial charge in [-0.15, -0.1) is 0 Å². The zero-order chi connectivity index (χ0) is 13.5. The molecule has 3 N–H and O–H groups in total. The van der Waals surface area contributed by atoms with E-state index in [9.17, 15) is 9.18 Å². The molecule has 100 valence electrons. The molecule has 7 heteroatoms. The van der Waals surface area contributed by atoms with Crippen LogP contribution in [0.2, 0.25) is 0 Å². The van der Waals surface area contributed by atoms with Crippen molar-refractivity contribution < 1.29 is 19.4 Å². The van der Waals surface area contributed by atoms with Crippen LogP contribution in [-0.4, -0.2) is 47.4 Å². The van der Waals surface area contributed by atoms with Gasteiger partial charge in [-0.1, -0.05) is 15.9 Å². The number of anilines is 1. The first-order chi connectivity index (χ1) is 8.58. The van der Waals surface area contributed by atoms with Gasteiger partial charge in [0.25, 0.3) is 0 Å². The number of rotatable bonds is 5. The number of nitrogens with zero attached hydrogens (tertiary/aromatic N) is 1. The third kappa shape index (κ3) is 4.25. The van der Waals surface area contributed by atoms with E-state index in [2.05, 4.69) is 21.2 Å². The van der Waals surface area contributed by atoms with Gasteiger partial charge in [0, 0.05) is 17.6 Å². The number of carbonyl (C=O) groups excluding carboxylic acids is 1. The van der Waals surface area contributed by atoms with Gasteiger partial charge < -0.3 is 20.4 Å². The predicted molar refractivity (Wildman–Crippen MR) is 68.9 cm³/mol. The van der Waals surface area contributed by atoms with Gasteiger partial charge in [0.2, 0.25) is 0 Å². The van der Waals surface area contributed by atoms with E-state index >= 15 is 0 Å². The number of carbonyl (C=O) groups is 1. The Morgan fingerprint density at radius 2 is 1.94 bits per heavy atom. The summed E-state index contributed by atoms with van der Waals surface area (Å²) < 4.78 is 14.0. The van der Waals surface area contributed by atoms with Gasteiger partial charge in [-0.3, -0.25) is 0 Å². The van der Waals surface area contributed by atoms with Crippen molar-refractivity contribution in [2.45, 2.75) is 0 Å². The largest absolute Gasteiger partial charge is 0.395 e. The Labute approximate surface area is 112 Å². The number of amides is 2. The van der Waals surface area contributed by atoms with Crippen molar-refractivity contribution in [2.75, 3.05) is 31.6 Å². The van der Waals surface area contributed by atoms with Crippen molar-refractivity contribution in [2.24, 2.45) is 0 Å². The molecule has 0 saturated carbocycles. The number of hydrogen-bond donors (Lipinski definition) is 3. The second-order valence-electron chi connectivity index (χ2n) is 3.49. The van der Waals surface area contributed by atoms with Crippen molar-refractivity contribution >= 4 is 27.6 Å². The van der Waals surface area contributed by atoms with Crippen LogP contribution >= 0.6 is 15.9 Å². The number of aliphatic hydroxyl groups excluding tert-OH is 2. The highest BCUT2D eigenvalue weighted by molar-refractivity contribution is 9.10. The van der Waals surface area contributed by atoms with Crippen LogP contribution in [0.4, 0.5) is 14.9 Å². The predicted octanol–water partition coefficient (Wildman–Crippen LogP) is 1.41. The maximum atomic E-state index is 13.4. The van der Waals surface area contributed by atoms with Crippen molar-refractivity contribution in [3.05, 3.63) is 28.5 Å². The molecule has 0 bridgehead atoms. The van der Waals surface area contributed by atoms with Crippen LogP contribution in [-0.2, 0) is 0 Å². The van der Waals surface area contributed by atoms with Crippen LogP contribution in [0.15, 0.2) is 22.7 Å². The first-order valence-corrected chi connectivity index (χ1v) is 6.10. The van der Waals surface area contributed by atoms with Gasteiger partial charge in [0.1, 0.15) is 5.82 Å². The zero-order valence-corrected chi connectivity index (χ0v) is 11.2. The Morgan fingerprint density at radius 1 is 1.33 bits per heavy atom. The first-order valence-electron chi connectivity index (χ1n) is 5.31. The molecular weight excluding hydrogens is 307 g/mol. The standard InChI is InChI=1S/C11H14BrFN2O3/c12-8-1-2-9(13)10(7-8)14-11(18)15(3-5-16)4-6-17/h1-2,7,16-17H,3-6H2,(H,14,18). The average molecular weight is 321 g/mol. The molecule has 0 heterocycles. The lowest BCUT2D eigenvalue weighted by atomic mass is 10.3. The third-order valence-electron chi connectivity index (χ3n) is 2.20. The second kappa shape index (κ2) is 7.30. The molecule has 1 aromatic carbocycles. The highest BCUT2D eigenvalue weighted by Crippen LogP contribution is 2.20. The molecule has 0 unspecified atom stereocenters. The number of nitrogens with one attached hydrogen (secondary N) is 1. The zero-order valence-electron chi connectivity index (χ0n) is 9.57. The summed E-state index contributed by atoms with van der Waals surface area (Å²) in [6.07, 6.45) is 0. The molecule has 0 fully saturated rings. The lowest BCUT2D eigenvalue weighted by Gasteiger charge is -2.21. The topological polar surface area (TPSA) is 72.8 Å². The summed E-state index contributed by atoms with van der Waals surface area (Å²) in [5.41, 5.74) is 0.0373. The van der Waals surface area contributed by atoms with E-state index in [4.69, 9.17) is 10.2 Å². The van der Waals surface area contributed by atoms with Gasteiger partial charge in [0.15, 0.2) is 0 Å². The second-order valence-corrected chi connectivity index (χ2v) is 4.40. The van der Waals surface area contributed by atoms with Gasteiger partial charge in [-0.25, -0.2) is 9.18 Å². The molecule has 0 aliphatic heterocycles. The van der Waals surface area contributed by atoms with Crippen molar-refractivity contribution in [1.82, 2.24) is 4.90 Å². The molecule has 0 radical (unpaired) electrons. The fourth-order valence-corrected chi connectivity index (χ4v) is 1.70. The average Bonchev–Trinajstić information content (AvgIpc) is 2.33. The van der Waals surface area contributed by atoms with Crippen LogP contribution in [0, 0.1) is 5.82 Å². The van der Waals surface area contributed by atoms with Gasteiger partial charge >= 0.3 is 6.03 Å². The SMILES string of the molecule is O=C(Nc1cc(Br)ccc1F)N(CCO)CCO. The van der Waals surface area contributed by atoms with Crippen LogP contribution in [0.3, 0.4) is 0 Å². The number of halogens is 2. The van der Waals surface area contributed by atoms with E-state index in [-0.39, 0.29) is 32.0 Å². The van der Waals surface area contributed by atoms with E-state index in [0.717, 1.165) is 0 Å². The number of hydrogen-bond acceptors (Lipinski definition) is 3. The van der Waals surface area contributed by atoms with Crippen LogP contribution in [0.1, 0.15) is 0 Å². The third-order valence-corrected chi connectivity index (χ3v) is 2.69. The Morgan fingerprint density at radius 3 is 2.50 bits per heavy atom. The Kier molecular flexibility index (Phi) is 6.03. The smallest absolute Gasteiger partial charge is 0.322 e. The minimum Gasteiger partial charge on any atom is -0.395 e. The maximum absolute atomic E-state index is 13.4. The lowest BCUT2D eigenvalue weighted by molar-refractivity contribution is 0.167. The summed E-state index contributed by atoms with van der Waals surface area (Å²) in [5, 5.41) is 20.0. The molecule has 2 amide bonds. The van der Waals surface area contributed by atoms with Crippen LogP contribution in [0.5, 0.6) is 0 Å². The molecule has 1 rings (SSSR count). The maximum Gasteiger partial charge on any atom is 0.322 e. The Bertz CT molecular complexity index is 411. The summed E-state index contributed by atoms with van der Waals surface area (Å²) in [6.45, 7) is -0.313. The molecule has 0 saturated heterocycles. The molecule has 0 spiro atoms. The summed E-state index contributed by atoms with van der Waals surface area (Å²) in [7, 11) is 0. The van der Waals surface area contributed by atoms with E-state index in [1.807, 2.05) is 0 Å². The molecule has 0 aliphatic rings. The van der Waals surface area contributed by atoms with E-state index in [1.165, 1.54) is 23.1 Å². The van der Waals surface area contributed by atoms with Gasteiger partial charge in [0.05, 0.1) is 18.9 Å². The molecule has 5 nitrogen and oxygen atoms in total. The number of aliphatic hydroxyl groups is 2. The van der Waals surface area contributed by atoms with Crippen LogP contribution < -0.4 is 5.32 Å². The summed E-state index contributed by atoms with van der Waals surface area (Å²) >= 11 is 3.17. The normalized spacial score (nSPS) is 10.2. The highest BCUT2D eigenvalue weighted by Gasteiger charge is 2.14. The van der Waals surface area contributed by atoms with E-state index in [1.54, 1.807) is 0 Å². The number of benzene rings is 1. The van der Waals surface area contributed by atoms with E-state index in [0.29, 0.717) is 4.47 Å². The summed E-state index contributed by atoms with van der Waals surface area (Å²) in [5.74, 6) is -0.556. The quantitative estimate of drug-likeness (QED) is 0.768. The minimum atomic E-state index is -0.574. The lowest BCUT2D eigenvalue weighted by Crippen LogP contribution is -2.39. The fraction of sp³-hybridized carbons (Fsp3) is 0.364. The van der Waals surface area contributed by atoms with Crippen LogP contribution in [0.25, 0.3) is 0 Å². The minimum absolute atomic E-state index is 0.0373. The molecule has 0 aliphatic carbocycles. The fourth-order valence-electron chi connectivity index (χ4n) is 1.34. The van der Waals surface area contributed by atoms with Crippen molar-refractivity contribution in [1.29, 1.82) is 0 Å². The molecule has 0 aromatic heterocycles. The van der Waals surface area contributed by atoms with E-state index < -0.39 is 11.8 Å². The van der Waals surface area contributed by atoms with Gasteiger partial charge in [-0.2, -0.15) is 0 Å². The highest BCUT2D eigenvalue weighted by atomic mass is 79.9. The molecular formula is C11H14BrFN2O3. The summed E-state index contributed by atoms with van der Waals surface area (Å²) in [6, 6.07) is 3.60. The molecule has 1 aromatic rings. The number of urea groups is 1. The molecule has 0 atom stereocenters. The Balaban J connectivity index is 2.75. The van der Waals surface area contributed by atoms with Crippen molar-refractivity contribution in [3.63, 3.8) is 0 Å². The first kappa shape index (κ1) is 14.9. The molecule has 18 heavy (non-hydrogen) atoms. The van der Waals surface area contributed by atoms with Crippen molar-refractivity contribution in [3.8, 4) is 0 Å². The summed E-state index contributed by atoms with van der Waals surface area (Å²) in [4.78, 5) is 13.0.